The number of ether oxygens (including phenoxy) is 2. The van der Waals surface area contributed by atoms with Gasteiger partial charge in [0.25, 0.3) is 0 Å². The summed E-state index contributed by atoms with van der Waals surface area (Å²) < 4.78 is 9.63. The second kappa shape index (κ2) is 15.8. The molecule has 0 N–H and O–H groups in total. The largest absolute Gasteiger partial charge is 0.463 e. The second-order valence-electron chi connectivity index (χ2n) is 4.67. The Labute approximate surface area is 135 Å². The van der Waals surface area contributed by atoms with Gasteiger partial charge in [-0.15, -0.1) is 0 Å². The Bertz CT molecular complexity index is 336. The molecule has 0 heterocycles. The van der Waals surface area contributed by atoms with Crippen molar-refractivity contribution < 1.29 is 19.1 Å². The Kier molecular flexibility index (Phi) is 16.2. The molecule has 0 spiro atoms. The SMILES string of the molecule is C=C(C)C(=O)OCCN(CC)CC.C=CC(=O)OCCCC. The molecular formula is C17H31NO4. The van der Waals surface area contributed by atoms with E-state index in [1.165, 1.54) is 6.08 Å². The Morgan fingerprint density at radius 1 is 1.09 bits per heavy atom. The topological polar surface area (TPSA) is 55.8 Å². The van der Waals surface area contributed by atoms with Crippen molar-refractivity contribution in [3.8, 4) is 0 Å². The number of rotatable bonds is 10. The maximum absolute atomic E-state index is 11.0. The van der Waals surface area contributed by atoms with Crippen LogP contribution in [-0.4, -0.2) is 49.7 Å². The third-order valence-corrected chi connectivity index (χ3v) is 2.79. The maximum Gasteiger partial charge on any atom is 0.333 e. The van der Waals surface area contributed by atoms with Crippen molar-refractivity contribution in [2.24, 2.45) is 0 Å². The third-order valence-electron chi connectivity index (χ3n) is 2.79. The number of unbranched alkanes of at least 4 members (excludes halogenated alkanes) is 1. The molecule has 0 aromatic carbocycles. The molecule has 0 bridgehead atoms. The summed E-state index contributed by atoms with van der Waals surface area (Å²) in [4.78, 5) is 23.5. The van der Waals surface area contributed by atoms with Crippen molar-refractivity contribution in [3.63, 3.8) is 0 Å². The maximum atomic E-state index is 11.0. The molecule has 0 aliphatic carbocycles. The lowest BCUT2D eigenvalue weighted by Crippen LogP contribution is -2.27. The number of nitrogens with zero attached hydrogens (tertiary/aromatic N) is 1. The van der Waals surface area contributed by atoms with E-state index >= 15 is 0 Å². The molecule has 128 valence electrons. The fourth-order valence-electron chi connectivity index (χ4n) is 1.31. The van der Waals surface area contributed by atoms with Crippen molar-refractivity contribution in [3.05, 3.63) is 24.8 Å². The highest BCUT2D eigenvalue weighted by atomic mass is 16.5. The standard InChI is InChI=1S/C10H19NO2.C7H12O2/c1-5-11(6-2)7-8-13-10(12)9(3)4;1-3-5-6-9-7(8)4-2/h3,5-8H2,1-2,4H3;4H,2-3,5-6H2,1H3. The van der Waals surface area contributed by atoms with Crippen LogP contribution in [0.15, 0.2) is 24.8 Å². The van der Waals surface area contributed by atoms with Crippen LogP contribution in [0.25, 0.3) is 0 Å². The molecule has 5 nitrogen and oxygen atoms in total. The minimum Gasteiger partial charge on any atom is -0.463 e. The van der Waals surface area contributed by atoms with E-state index in [1.807, 2.05) is 6.92 Å². The van der Waals surface area contributed by atoms with E-state index < -0.39 is 0 Å². The molecule has 0 rings (SSSR count). The summed E-state index contributed by atoms with van der Waals surface area (Å²) in [5.74, 6) is -0.629. The van der Waals surface area contributed by atoms with E-state index in [0.717, 1.165) is 32.5 Å². The number of hydrogen-bond donors (Lipinski definition) is 0. The molecule has 0 saturated carbocycles. The van der Waals surface area contributed by atoms with Gasteiger partial charge >= 0.3 is 11.9 Å². The molecule has 5 heteroatoms. The van der Waals surface area contributed by atoms with Crippen LogP contribution in [0.3, 0.4) is 0 Å². The van der Waals surface area contributed by atoms with Gasteiger partial charge in [0.2, 0.25) is 0 Å². The van der Waals surface area contributed by atoms with Gasteiger partial charge < -0.3 is 14.4 Å². The highest BCUT2D eigenvalue weighted by Gasteiger charge is 2.04. The lowest BCUT2D eigenvalue weighted by Gasteiger charge is -2.17. The van der Waals surface area contributed by atoms with Crippen molar-refractivity contribution in [2.75, 3.05) is 32.8 Å². The summed E-state index contributed by atoms with van der Waals surface area (Å²) in [5.41, 5.74) is 0.458. The molecule has 0 saturated heterocycles. The van der Waals surface area contributed by atoms with E-state index in [4.69, 9.17) is 4.74 Å². The molecule has 0 atom stereocenters. The van der Waals surface area contributed by atoms with Gasteiger partial charge in [0.1, 0.15) is 6.61 Å². The van der Waals surface area contributed by atoms with E-state index in [1.54, 1.807) is 6.92 Å². The predicted octanol–water partition coefficient (Wildman–Crippen LogP) is 2.96. The first-order valence-corrected chi connectivity index (χ1v) is 7.76. The van der Waals surface area contributed by atoms with E-state index in [-0.39, 0.29) is 11.9 Å². The minimum atomic E-state index is -0.330. The van der Waals surface area contributed by atoms with Gasteiger partial charge in [0.05, 0.1) is 6.61 Å². The molecule has 0 aliphatic rings. The Balaban J connectivity index is 0. The zero-order chi connectivity index (χ0) is 17.4. The van der Waals surface area contributed by atoms with Gasteiger partial charge in [-0.25, -0.2) is 9.59 Å². The number of esters is 2. The number of carbonyl (C=O) groups excluding carboxylic acids is 2. The molecule has 0 aromatic heterocycles. The molecule has 0 amide bonds. The molecule has 0 unspecified atom stereocenters. The normalized spacial score (nSPS) is 9.50. The summed E-state index contributed by atoms with van der Waals surface area (Å²) in [6.45, 7) is 18.4. The van der Waals surface area contributed by atoms with E-state index in [0.29, 0.717) is 18.8 Å². The summed E-state index contributed by atoms with van der Waals surface area (Å²) in [7, 11) is 0. The zero-order valence-corrected chi connectivity index (χ0v) is 14.5. The molecule has 0 radical (unpaired) electrons. The summed E-state index contributed by atoms with van der Waals surface area (Å²) >= 11 is 0. The van der Waals surface area contributed by atoms with Gasteiger partial charge in [-0.1, -0.05) is 40.3 Å². The van der Waals surface area contributed by atoms with Crippen LogP contribution in [0, 0.1) is 0 Å². The van der Waals surface area contributed by atoms with Gasteiger partial charge in [-0.2, -0.15) is 0 Å². The molecule has 0 fully saturated rings. The van der Waals surface area contributed by atoms with Gasteiger partial charge in [0, 0.05) is 18.2 Å². The van der Waals surface area contributed by atoms with Crippen LogP contribution >= 0.6 is 0 Å². The smallest absolute Gasteiger partial charge is 0.333 e. The quantitative estimate of drug-likeness (QED) is 0.352. The molecule has 22 heavy (non-hydrogen) atoms. The van der Waals surface area contributed by atoms with Crippen molar-refractivity contribution in [2.45, 2.75) is 40.5 Å². The summed E-state index contributed by atoms with van der Waals surface area (Å²) in [6.07, 6.45) is 3.15. The van der Waals surface area contributed by atoms with Crippen LogP contribution < -0.4 is 0 Å². The summed E-state index contributed by atoms with van der Waals surface area (Å²) in [6, 6.07) is 0. The van der Waals surface area contributed by atoms with Gasteiger partial charge in [-0.05, 0) is 26.4 Å². The third kappa shape index (κ3) is 14.8. The first kappa shape index (κ1) is 22.7. The highest BCUT2D eigenvalue weighted by molar-refractivity contribution is 5.86. The zero-order valence-electron chi connectivity index (χ0n) is 14.5. The predicted molar refractivity (Wildman–Crippen MR) is 89.6 cm³/mol. The highest BCUT2D eigenvalue weighted by Crippen LogP contribution is 1.93. The number of likely N-dealkylation sites (N-methyl/N-ethyl adjacent to an activating group) is 1. The first-order valence-electron chi connectivity index (χ1n) is 7.76. The van der Waals surface area contributed by atoms with Gasteiger partial charge in [-0.3, -0.25) is 0 Å². The molecular weight excluding hydrogens is 282 g/mol. The first-order chi connectivity index (χ1) is 10.4. The monoisotopic (exact) mass is 313 g/mol. The van der Waals surface area contributed by atoms with Crippen LogP contribution in [0.4, 0.5) is 0 Å². The van der Waals surface area contributed by atoms with Crippen molar-refractivity contribution >= 4 is 11.9 Å². The van der Waals surface area contributed by atoms with E-state index in [2.05, 4.69) is 36.6 Å². The van der Waals surface area contributed by atoms with Crippen molar-refractivity contribution in [1.29, 1.82) is 0 Å². The Morgan fingerprint density at radius 2 is 1.68 bits per heavy atom. The van der Waals surface area contributed by atoms with Crippen LogP contribution in [0.2, 0.25) is 0 Å². The molecule has 0 aliphatic heterocycles. The van der Waals surface area contributed by atoms with E-state index in [9.17, 15) is 9.59 Å². The number of hydrogen-bond acceptors (Lipinski definition) is 5. The Hall–Kier alpha value is -1.62. The lowest BCUT2D eigenvalue weighted by atomic mass is 10.4. The average Bonchev–Trinajstić information content (AvgIpc) is 2.52. The second-order valence-corrected chi connectivity index (χ2v) is 4.67. The van der Waals surface area contributed by atoms with Crippen LogP contribution in [0.1, 0.15) is 40.5 Å². The molecule has 0 aromatic rings. The Morgan fingerprint density at radius 3 is 2.09 bits per heavy atom. The average molecular weight is 313 g/mol. The fraction of sp³-hybridized carbons (Fsp3) is 0.647. The number of carbonyl (C=O) groups is 2. The van der Waals surface area contributed by atoms with Crippen LogP contribution in [-0.2, 0) is 19.1 Å². The van der Waals surface area contributed by atoms with Gasteiger partial charge in [0.15, 0.2) is 0 Å². The minimum absolute atomic E-state index is 0.299. The lowest BCUT2D eigenvalue weighted by molar-refractivity contribution is -0.139. The summed E-state index contributed by atoms with van der Waals surface area (Å²) in [5, 5.41) is 0. The van der Waals surface area contributed by atoms with Crippen LogP contribution in [0.5, 0.6) is 0 Å². The fourth-order valence-corrected chi connectivity index (χ4v) is 1.31. The van der Waals surface area contributed by atoms with Crippen molar-refractivity contribution in [1.82, 2.24) is 4.90 Å².